The highest BCUT2D eigenvalue weighted by Gasteiger charge is 2.36. The van der Waals surface area contributed by atoms with Gasteiger partial charge in [0.1, 0.15) is 22.3 Å². The second kappa shape index (κ2) is 7.00. The summed E-state index contributed by atoms with van der Waals surface area (Å²) in [5.74, 6) is -2.56. The zero-order valence-electron chi connectivity index (χ0n) is 15.1. The lowest BCUT2D eigenvalue weighted by Crippen LogP contribution is -2.44. The van der Waals surface area contributed by atoms with Gasteiger partial charge in [0, 0.05) is 44.1 Å². The molecule has 1 fully saturated rings. The van der Waals surface area contributed by atoms with Gasteiger partial charge in [0.25, 0.3) is 0 Å². The van der Waals surface area contributed by atoms with Crippen LogP contribution >= 0.6 is 11.6 Å². The molecule has 1 aliphatic heterocycles. The van der Waals surface area contributed by atoms with Gasteiger partial charge in [-0.05, 0) is 25.2 Å². The Morgan fingerprint density at radius 3 is 2.54 bits per heavy atom. The lowest BCUT2D eigenvalue weighted by atomic mass is 9.88. The van der Waals surface area contributed by atoms with E-state index in [2.05, 4.69) is 9.88 Å². The van der Waals surface area contributed by atoms with Gasteiger partial charge in [0.15, 0.2) is 5.78 Å². The smallest absolute Gasteiger partial charge is 0.224 e. The lowest BCUT2D eigenvalue weighted by Gasteiger charge is -2.34. The van der Waals surface area contributed by atoms with Crippen LogP contribution in [0.5, 0.6) is 5.75 Å². The number of nitrogens with zero attached hydrogens (tertiary/aromatic N) is 3. The summed E-state index contributed by atoms with van der Waals surface area (Å²) in [4.78, 5) is 33.4. The SMILES string of the molecule is CN1CCN(c2cc(O)c(C3=C(Cl)C(=O)c4ncccc4C3=O)c(F)c2)CC1. The number of hydrogen-bond acceptors (Lipinski definition) is 6. The molecule has 1 saturated heterocycles. The molecule has 28 heavy (non-hydrogen) atoms. The molecular formula is C20H17ClFN3O3. The minimum Gasteiger partial charge on any atom is -0.507 e. The highest BCUT2D eigenvalue weighted by atomic mass is 35.5. The molecule has 1 N–H and O–H groups in total. The van der Waals surface area contributed by atoms with Gasteiger partial charge in [-0.15, -0.1) is 0 Å². The minimum atomic E-state index is -0.810. The fourth-order valence-corrected chi connectivity index (χ4v) is 3.79. The summed E-state index contributed by atoms with van der Waals surface area (Å²) in [5, 5.41) is 10.1. The number of carbonyl (C=O) groups is 2. The summed E-state index contributed by atoms with van der Waals surface area (Å²) in [6.45, 7) is 3.01. The Morgan fingerprint density at radius 2 is 1.86 bits per heavy atom. The summed E-state index contributed by atoms with van der Waals surface area (Å²) in [7, 11) is 2.01. The van der Waals surface area contributed by atoms with Crippen LogP contribution in [-0.2, 0) is 0 Å². The number of pyridine rings is 1. The summed E-state index contributed by atoms with van der Waals surface area (Å²) < 4.78 is 15.0. The zero-order chi connectivity index (χ0) is 20.0. The third kappa shape index (κ3) is 2.96. The Morgan fingerprint density at radius 1 is 1.14 bits per heavy atom. The van der Waals surface area contributed by atoms with E-state index >= 15 is 4.39 Å². The molecule has 4 rings (SSSR count). The van der Waals surface area contributed by atoms with Gasteiger partial charge in [-0.25, -0.2) is 4.39 Å². The summed E-state index contributed by atoms with van der Waals surface area (Å²) >= 11 is 6.11. The predicted octanol–water partition coefficient (Wildman–Crippen LogP) is 2.71. The van der Waals surface area contributed by atoms with Gasteiger partial charge in [0.2, 0.25) is 5.78 Å². The minimum absolute atomic E-state index is 0.0360. The number of hydrogen-bond donors (Lipinski definition) is 1. The number of carbonyl (C=O) groups excluding carboxylic acids is 2. The van der Waals surface area contributed by atoms with E-state index in [1.54, 1.807) is 0 Å². The molecule has 144 valence electrons. The van der Waals surface area contributed by atoms with Gasteiger partial charge in [-0.1, -0.05) is 11.6 Å². The Bertz CT molecular complexity index is 1010. The number of aromatic nitrogens is 1. The van der Waals surface area contributed by atoms with Crippen LogP contribution in [0.1, 0.15) is 26.4 Å². The fourth-order valence-electron chi connectivity index (χ4n) is 3.52. The number of ketones is 2. The fraction of sp³-hybridized carbons (Fsp3) is 0.250. The highest BCUT2D eigenvalue weighted by Crippen LogP contribution is 2.40. The van der Waals surface area contributed by atoms with Crippen LogP contribution in [0.4, 0.5) is 10.1 Å². The van der Waals surface area contributed by atoms with Crippen molar-refractivity contribution in [3.63, 3.8) is 0 Å². The van der Waals surface area contributed by atoms with Crippen molar-refractivity contribution >= 4 is 34.4 Å². The number of piperazine rings is 1. The number of likely N-dealkylation sites (N-methyl/N-ethyl adjacent to an activating group) is 1. The van der Waals surface area contributed by atoms with E-state index in [4.69, 9.17) is 11.6 Å². The first-order valence-corrected chi connectivity index (χ1v) is 9.17. The number of allylic oxidation sites excluding steroid dienone is 2. The molecule has 2 aromatic rings. The van der Waals surface area contributed by atoms with Crippen molar-refractivity contribution in [3.05, 3.63) is 58.1 Å². The second-order valence-corrected chi connectivity index (χ2v) is 7.24. The average Bonchev–Trinajstić information content (AvgIpc) is 2.68. The first-order chi connectivity index (χ1) is 13.4. The number of benzene rings is 1. The van der Waals surface area contributed by atoms with Gasteiger partial charge >= 0.3 is 0 Å². The van der Waals surface area contributed by atoms with E-state index in [1.165, 1.54) is 30.5 Å². The summed E-state index contributed by atoms with van der Waals surface area (Å²) in [6.07, 6.45) is 1.38. The van der Waals surface area contributed by atoms with E-state index in [9.17, 15) is 14.7 Å². The van der Waals surface area contributed by atoms with Crippen LogP contribution in [0, 0.1) is 5.82 Å². The van der Waals surface area contributed by atoms with Gasteiger partial charge in [0.05, 0.1) is 16.7 Å². The third-order valence-electron chi connectivity index (χ3n) is 5.09. The van der Waals surface area contributed by atoms with Gasteiger partial charge < -0.3 is 14.9 Å². The molecule has 2 heterocycles. The van der Waals surface area contributed by atoms with Gasteiger partial charge in [-0.3, -0.25) is 14.6 Å². The molecule has 1 aliphatic carbocycles. The Hall–Kier alpha value is -2.77. The predicted molar refractivity (Wildman–Crippen MR) is 103 cm³/mol. The Labute approximate surface area is 165 Å². The normalized spacial score (nSPS) is 17.9. The number of halogens is 2. The topological polar surface area (TPSA) is 73.7 Å². The van der Waals surface area contributed by atoms with Crippen molar-refractivity contribution in [2.45, 2.75) is 0 Å². The third-order valence-corrected chi connectivity index (χ3v) is 5.45. The highest BCUT2D eigenvalue weighted by molar-refractivity contribution is 6.56. The first kappa shape index (κ1) is 18.6. The number of anilines is 1. The maximum Gasteiger partial charge on any atom is 0.224 e. The average molecular weight is 402 g/mol. The molecule has 1 aromatic heterocycles. The number of fused-ring (bicyclic) bond motifs is 1. The van der Waals surface area contributed by atoms with E-state index < -0.39 is 28.2 Å². The monoisotopic (exact) mass is 401 g/mol. The quantitative estimate of drug-likeness (QED) is 0.834. The van der Waals surface area contributed by atoms with Crippen LogP contribution in [0.2, 0.25) is 0 Å². The van der Waals surface area contributed by atoms with Crippen molar-refractivity contribution in [2.75, 3.05) is 38.1 Å². The molecule has 0 atom stereocenters. The van der Waals surface area contributed by atoms with Crippen LogP contribution in [0.3, 0.4) is 0 Å². The van der Waals surface area contributed by atoms with E-state index in [-0.39, 0.29) is 22.4 Å². The molecule has 1 aromatic carbocycles. The molecule has 0 radical (unpaired) electrons. The van der Waals surface area contributed by atoms with E-state index in [1.807, 2.05) is 11.9 Å². The number of Topliss-reactive ketones (excluding diaryl/α,β-unsaturated/α-hetero) is 2. The molecule has 0 bridgehead atoms. The van der Waals surface area contributed by atoms with E-state index in [0.29, 0.717) is 18.8 Å². The van der Waals surface area contributed by atoms with Gasteiger partial charge in [-0.2, -0.15) is 0 Å². The van der Waals surface area contributed by atoms with Crippen LogP contribution < -0.4 is 4.90 Å². The number of phenols is 1. The lowest BCUT2D eigenvalue weighted by molar-refractivity contribution is 0.0993. The second-order valence-electron chi connectivity index (χ2n) is 6.86. The van der Waals surface area contributed by atoms with Crippen LogP contribution in [0.15, 0.2) is 35.5 Å². The number of aromatic hydroxyl groups is 1. The Kier molecular flexibility index (Phi) is 4.64. The molecule has 2 aliphatic rings. The molecule has 0 spiro atoms. The molecule has 6 nitrogen and oxygen atoms in total. The zero-order valence-corrected chi connectivity index (χ0v) is 15.8. The van der Waals surface area contributed by atoms with Crippen molar-refractivity contribution in [1.29, 1.82) is 0 Å². The maximum absolute atomic E-state index is 15.0. The first-order valence-electron chi connectivity index (χ1n) is 8.79. The summed E-state index contributed by atoms with van der Waals surface area (Å²) in [5.41, 5.74) is -0.230. The van der Waals surface area contributed by atoms with Crippen LogP contribution in [0.25, 0.3) is 5.57 Å². The van der Waals surface area contributed by atoms with Crippen molar-refractivity contribution in [3.8, 4) is 5.75 Å². The molecule has 0 saturated carbocycles. The molecule has 0 amide bonds. The standard InChI is InChI=1S/C20H17ClFN3O3/c1-24-5-7-25(8-6-24)11-9-13(22)15(14(26)10-11)16-17(21)20(28)18-12(19(16)27)3-2-4-23-18/h2-4,9-10,26H,5-8H2,1H3. The van der Waals surface area contributed by atoms with Crippen LogP contribution in [-0.4, -0.2) is 59.8 Å². The van der Waals surface area contributed by atoms with Crippen molar-refractivity contribution in [2.24, 2.45) is 0 Å². The molecule has 8 heteroatoms. The molecule has 0 unspecified atom stereocenters. The molecular weight excluding hydrogens is 385 g/mol. The maximum atomic E-state index is 15.0. The van der Waals surface area contributed by atoms with E-state index in [0.717, 1.165) is 13.1 Å². The van der Waals surface area contributed by atoms with Crippen molar-refractivity contribution in [1.82, 2.24) is 9.88 Å². The number of rotatable bonds is 2. The largest absolute Gasteiger partial charge is 0.507 e. The number of phenolic OH excluding ortho intramolecular Hbond substituents is 1. The summed E-state index contributed by atoms with van der Waals surface area (Å²) in [6, 6.07) is 5.60. The van der Waals surface area contributed by atoms with Crippen molar-refractivity contribution < 1.29 is 19.1 Å². The Balaban J connectivity index is 1.78.